The molecule has 0 aliphatic carbocycles. The van der Waals surface area contributed by atoms with Crippen molar-refractivity contribution >= 4 is 11.7 Å². The lowest BCUT2D eigenvalue weighted by Crippen LogP contribution is -2.25. The summed E-state index contributed by atoms with van der Waals surface area (Å²) in [6, 6.07) is 9.25. The maximum Gasteiger partial charge on any atom is 0.254 e. The second-order valence-electron chi connectivity index (χ2n) is 6.53. The maximum absolute atomic E-state index is 12.6. The summed E-state index contributed by atoms with van der Waals surface area (Å²) in [7, 11) is 5.59. The van der Waals surface area contributed by atoms with Crippen LogP contribution in [0.1, 0.15) is 28.7 Å². The number of carbonyl (C=O) groups excluding carboxylic acids is 1. The zero-order valence-electron chi connectivity index (χ0n) is 16.0. The predicted molar refractivity (Wildman–Crippen MR) is 103 cm³/mol. The van der Waals surface area contributed by atoms with E-state index in [-0.39, 0.29) is 5.91 Å². The van der Waals surface area contributed by atoms with Gasteiger partial charge in [0.25, 0.3) is 5.91 Å². The third kappa shape index (κ3) is 4.31. The van der Waals surface area contributed by atoms with Gasteiger partial charge in [0.05, 0.1) is 30.3 Å². The average molecular weight is 365 g/mol. The van der Waals surface area contributed by atoms with Gasteiger partial charge < -0.3 is 14.3 Å². The highest BCUT2D eigenvalue weighted by molar-refractivity contribution is 5.94. The molecule has 1 aromatic carbocycles. The third-order valence-corrected chi connectivity index (χ3v) is 4.22. The molecule has 7 heteroatoms. The molecular formula is C20H23N5O2. The van der Waals surface area contributed by atoms with E-state index >= 15 is 0 Å². The molecule has 2 aromatic heterocycles. The molecule has 7 nitrogen and oxygen atoms in total. The van der Waals surface area contributed by atoms with Gasteiger partial charge in [-0.1, -0.05) is 24.2 Å². The Morgan fingerprint density at radius 2 is 1.85 bits per heavy atom. The van der Waals surface area contributed by atoms with Crippen LogP contribution >= 0.6 is 0 Å². The molecular weight excluding hydrogens is 342 g/mol. The van der Waals surface area contributed by atoms with Gasteiger partial charge >= 0.3 is 0 Å². The number of hydrogen-bond acceptors (Lipinski definition) is 6. The normalized spacial score (nSPS) is 10.7. The molecule has 0 aliphatic heterocycles. The van der Waals surface area contributed by atoms with Crippen LogP contribution in [0.5, 0.6) is 0 Å². The van der Waals surface area contributed by atoms with Crippen molar-refractivity contribution in [3.63, 3.8) is 0 Å². The Balaban J connectivity index is 1.72. The van der Waals surface area contributed by atoms with Gasteiger partial charge in [0.1, 0.15) is 5.82 Å². The van der Waals surface area contributed by atoms with Crippen molar-refractivity contribution in [2.75, 3.05) is 26.0 Å². The van der Waals surface area contributed by atoms with E-state index in [1.165, 1.54) is 0 Å². The molecule has 0 aliphatic rings. The number of nitrogens with zero attached hydrogens (tertiary/aromatic N) is 5. The number of rotatable bonds is 6. The molecule has 140 valence electrons. The zero-order chi connectivity index (χ0) is 19.4. The summed E-state index contributed by atoms with van der Waals surface area (Å²) in [5, 5.41) is 3.96. The van der Waals surface area contributed by atoms with Crippen molar-refractivity contribution in [1.82, 2.24) is 20.0 Å². The number of aromatic nitrogens is 3. The molecule has 0 bridgehead atoms. The number of amides is 1. The molecule has 0 spiro atoms. The van der Waals surface area contributed by atoms with Crippen LogP contribution in [0.15, 0.2) is 47.2 Å². The Bertz CT molecular complexity index is 918. The van der Waals surface area contributed by atoms with Crippen LogP contribution in [0.4, 0.5) is 5.82 Å². The Morgan fingerprint density at radius 1 is 1.11 bits per heavy atom. The predicted octanol–water partition coefficient (Wildman–Crippen LogP) is 3.03. The molecule has 3 aromatic rings. The lowest BCUT2D eigenvalue weighted by atomic mass is 10.1. The van der Waals surface area contributed by atoms with Crippen LogP contribution in [-0.2, 0) is 13.0 Å². The highest BCUT2D eigenvalue weighted by Gasteiger charge is 2.15. The van der Waals surface area contributed by atoms with Gasteiger partial charge in [0.2, 0.25) is 0 Å². The van der Waals surface area contributed by atoms with Crippen LogP contribution in [0.3, 0.4) is 0 Å². The molecule has 27 heavy (non-hydrogen) atoms. The summed E-state index contributed by atoms with van der Waals surface area (Å²) in [4.78, 5) is 25.0. The van der Waals surface area contributed by atoms with Gasteiger partial charge in [0.15, 0.2) is 5.76 Å². The summed E-state index contributed by atoms with van der Waals surface area (Å²) in [5.41, 5.74) is 3.17. The average Bonchev–Trinajstić information content (AvgIpc) is 3.15. The standard InChI is InChI=1S/C20H23N5O2/c1-5-16-10-17(27-23-16)13-25(4)20(26)15-8-6-14(7-9-15)18-11-21-12-19(22-18)24(2)3/h6-12H,5,13H2,1-4H3. The Labute approximate surface area is 158 Å². The fourth-order valence-corrected chi connectivity index (χ4v) is 2.62. The van der Waals surface area contributed by atoms with Gasteiger partial charge in [0, 0.05) is 38.3 Å². The van der Waals surface area contributed by atoms with Crippen LogP contribution in [0.2, 0.25) is 0 Å². The van der Waals surface area contributed by atoms with Crippen molar-refractivity contribution in [1.29, 1.82) is 0 Å². The first-order valence-electron chi connectivity index (χ1n) is 8.77. The third-order valence-electron chi connectivity index (χ3n) is 4.22. The van der Waals surface area contributed by atoms with Gasteiger partial charge in [-0.3, -0.25) is 9.78 Å². The van der Waals surface area contributed by atoms with Crippen molar-refractivity contribution in [2.45, 2.75) is 19.9 Å². The van der Waals surface area contributed by atoms with Crippen molar-refractivity contribution in [3.05, 3.63) is 59.7 Å². The lowest BCUT2D eigenvalue weighted by Gasteiger charge is -2.15. The number of hydrogen-bond donors (Lipinski definition) is 0. The molecule has 0 atom stereocenters. The number of anilines is 1. The minimum atomic E-state index is -0.0795. The highest BCUT2D eigenvalue weighted by Crippen LogP contribution is 2.20. The lowest BCUT2D eigenvalue weighted by molar-refractivity contribution is 0.0772. The summed E-state index contributed by atoms with van der Waals surface area (Å²) in [5.74, 6) is 1.38. The minimum absolute atomic E-state index is 0.0795. The van der Waals surface area contributed by atoms with Crippen molar-refractivity contribution in [2.24, 2.45) is 0 Å². The summed E-state index contributed by atoms with van der Waals surface area (Å²) < 4.78 is 5.26. The Hall–Kier alpha value is -3.22. The van der Waals surface area contributed by atoms with Crippen LogP contribution in [-0.4, -0.2) is 47.1 Å². The van der Waals surface area contributed by atoms with E-state index in [1.807, 2.05) is 44.1 Å². The van der Waals surface area contributed by atoms with Crippen LogP contribution in [0, 0.1) is 0 Å². The van der Waals surface area contributed by atoms with Gasteiger partial charge in [-0.15, -0.1) is 0 Å². The molecule has 0 unspecified atom stereocenters. The van der Waals surface area contributed by atoms with E-state index in [0.717, 1.165) is 29.2 Å². The first-order chi connectivity index (χ1) is 13.0. The SMILES string of the molecule is CCc1cc(CN(C)C(=O)c2ccc(-c3cncc(N(C)C)n3)cc2)on1. The van der Waals surface area contributed by atoms with E-state index in [4.69, 9.17) is 4.52 Å². The van der Waals surface area contributed by atoms with Gasteiger partial charge in [-0.05, 0) is 18.6 Å². The molecule has 2 heterocycles. The molecule has 0 radical (unpaired) electrons. The van der Waals surface area contributed by atoms with Crippen molar-refractivity contribution < 1.29 is 9.32 Å². The summed E-state index contributed by atoms with van der Waals surface area (Å²) >= 11 is 0. The number of carbonyl (C=O) groups is 1. The van der Waals surface area contributed by atoms with Crippen molar-refractivity contribution in [3.8, 4) is 11.3 Å². The van der Waals surface area contributed by atoms with E-state index in [9.17, 15) is 4.79 Å². The maximum atomic E-state index is 12.6. The minimum Gasteiger partial charge on any atom is -0.361 e. The largest absolute Gasteiger partial charge is 0.361 e. The second kappa shape index (κ2) is 7.99. The summed E-state index contributed by atoms with van der Waals surface area (Å²) in [6.45, 7) is 2.39. The molecule has 1 amide bonds. The second-order valence-corrected chi connectivity index (χ2v) is 6.53. The molecule has 3 rings (SSSR count). The fourth-order valence-electron chi connectivity index (χ4n) is 2.62. The number of benzene rings is 1. The monoisotopic (exact) mass is 365 g/mol. The molecule has 0 saturated carbocycles. The zero-order valence-corrected chi connectivity index (χ0v) is 16.0. The van der Waals surface area contributed by atoms with E-state index in [2.05, 4.69) is 15.1 Å². The summed E-state index contributed by atoms with van der Waals surface area (Å²) in [6.07, 6.45) is 4.23. The van der Waals surface area contributed by atoms with E-state index in [1.54, 1.807) is 36.5 Å². The first kappa shape index (κ1) is 18.6. The Kier molecular flexibility index (Phi) is 5.49. The molecule has 0 fully saturated rings. The highest BCUT2D eigenvalue weighted by atomic mass is 16.5. The number of aryl methyl sites for hydroxylation is 1. The fraction of sp³-hybridized carbons (Fsp3) is 0.300. The Morgan fingerprint density at radius 3 is 2.48 bits per heavy atom. The van der Waals surface area contributed by atoms with Gasteiger partial charge in [-0.25, -0.2) is 4.98 Å². The quantitative estimate of drug-likeness (QED) is 0.668. The van der Waals surface area contributed by atoms with Crippen LogP contribution in [0.25, 0.3) is 11.3 Å². The van der Waals surface area contributed by atoms with E-state index in [0.29, 0.717) is 17.9 Å². The molecule has 0 N–H and O–H groups in total. The van der Waals surface area contributed by atoms with Crippen LogP contribution < -0.4 is 4.90 Å². The molecule has 0 saturated heterocycles. The topological polar surface area (TPSA) is 75.4 Å². The van der Waals surface area contributed by atoms with E-state index < -0.39 is 0 Å². The smallest absolute Gasteiger partial charge is 0.254 e. The van der Waals surface area contributed by atoms with Gasteiger partial charge in [-0.2, -0.15) is 0 Å². The first-order valence-corrected chi connectivity index (χ1v) is 8.77.